The molecule has 8 heteroatoms. The summed E-state index contributed by atoms with van der Waals surface area (Å²) in [6.07, 6.45) is 3.89. The lowest BCUT2D eigenvalue weighted by Gasteiger charge is -2.11. The van der Waals surface area contributed by atoms with Crippen LogP contribution in [0.25, 0.3) is 22.0 Å². The van der Waals surface area contributed by atoms with E-state index in [1.165, 1.54) is 12.3 Å². The van der Waals surface area contributed by atoms with E-state index in [2.05, 4.69) is 10.4 Å². The average molecular weight is 415 g/mol. The molecule has 0 atom stereocenters. The molecule has 3 aromatic rings. The summed E-state index contributed by atoms with van der Waals surface area (Å²) in [6.45, 7) is 3.46. The number of carbonyl (C=O) groups excluding carboxylic acids is 1. The first-order chi connectivity index (χ1) is 13.8. The molecule has 1 aromatic heterocycles. The lowest BCUT2D eigenvalue weighted by molar-refractivity contribution is 0.0950. The molecule has 6 nitrogen and oxygen atoms in total. The van der Waals surface area contributed by atoms with E-state index in [9.17, 15) is 17.6 Å². The van der Waals surface area contributed by atoms with E-state index in [1.807, 2.05) is 0 Å². The molecule has 0 radical (unpaired) electrons. The fourth-order valence-corrected chi connectivity index (χ4v) is 4.69. The Hall–Kier alpha value is -2.74. The highest BCUT2D eigenvalue weighted by molar-refractivity contribution is 7.89. The third-order valence-corrected chi connectivity index (χ3v) is 6.83. The molecule has 1 N–H and O–H groups in total. The molecule has 0 saturated heterocycles. The van der Waals surface area contributed by atoms with E-state index in [0.29, 0.717) is 34.0 Å². The van der Waals surface area contributed by atoms with E-state index >= 15 is 0 Å². The summed E-state index contributed by atoms with van der Waals surface area (Å²) < 4.78 is 40.3. The van der Waals surface area contributed by atoms with Crippen LogP contribution in [0.15, 0.2) is 36.5 Å². The van der Waals surface area contributed by atoms with Crippen molar-refractivity contribution in [2.75, 3.05) is 5.75 Å². The van der Waals surface area contributed by atoms with Crippen LogP contribution in [0.3, 0.4) is 0 Å². The standard InChI is InChI=1S/C21H22FN3O3S/c1-3-8-29(27,28)25-20-7-4-14(9-16(20)12-23-25)18-10-15(11-19(22)13(18)2)21(26)24-17-5-6-17/h4,7,9-12,17H,3,5-6,8H2,1-2H3,(H,24,26). The number of rotatable bonds is 6. The minimum Gasteiger partial charge on any atom is -0.349 e. The molecule has 1 heterocycles. The molecule has 0 aliphatic heterocycles. The van der Waals surface area contributed by atoms with Crippen molar-refractivity contribution in [3.05, 3.63) is 53.5 Å². The molecule has 0 spiro atoms. The number of carbonyl (C=O) groups is 1. The Morgan fingerprint density at radius 1 is 1.28 bits per heavy atom. The monoisotopic (exact) mass is 415 g/mol. The summed E-state index contributed by atoms with van der Waals surface area (Å²) in [5.74, 6) is -0.731. The third-order valence-electron chi connectivity index (χ3n) is 5.09. The molecular formula is C21H22FN3O3S. The third kappa shape index (κ3) is 3.76. The Bertz CT molecular complexity index is 1210. The van der Waals surface area contributed by atoms with Gasteiger partial charge in [-0.25, -0.2) is 12.8 Å². The van der Waals surface area contributed by atoms with Crippen molar-refractivity contribution in [2.45, 2.75) is 39.2 Å². The molecule has 1 saturated carbocycles. The molecule has 1 aliphatic rings. The van der Waals surface area contributed by atoms with Crippen LogP contribution >= 0.6 is 0 Å². The van der Waals surface area contributed by atoms with Gasteiger partial charge in [0.15, 0.2) is 0 Å². The summed E-state index contributed by atoms with van der Waals surface area (Å²) >= 11 is 0. The predicted molar refractivity (Wildman–Crippen MR) is 110 cm³/mol. The zero-order valence-corrected chi connectivity index (χ0v) is 17.1. The normalized spacial score (nSPS) is 14.3. The van der Waals surface area contributed by atoms with Gasteiger partial charge in [-0.15, -0.1) is 0 Å². The van der Waals surface area contributed by atoms with Gasteiger partial charge in [0.1, 0.15) is 5.82 Å². The quantitative estimate of drug-likeness (QED) is 0.667. The van der Waals surface area contributed by atoms with E-state index < -0.39 is 15.8 Å². The fraction of sp³-hybridized carbons (Fsp3) is 0.333. The number of fused-ring (bicyclic) bond motifs is 1. The molecule has 2 aromatic carbocycles. The highest BCUT2D eigenvalue weighted by Gasteiger charge is 2.25. The molecule has 0 bridgehead atoms. The lowest BCUT2D eigenvalue weighted by atomic mass is 9.96. The van der Waals surface area contributed by atoms with Crippen molar-refractivity contribution in [2.24, 2.45) is 0 Å². The summed E-state index contributed by atoms with van der Waals surface area (Å²) in [5.41, 5.74) is 2.47. The molecule has 152 valence electrons. The van der Waals surface area contributed by atoms with E-state index in [-0.39, 0.29) is 23.3 Å². The van der Waals surface area contributed by atoms with Crippen molar-refractivity contribution in [1.29, 1.82) is 0 Å². The van der Waals surface area contributed by atoms with Crippen LogP contribution in [0.1, 0.15) is 42.1 Å². The maximum absolute atomic E-state index is 14.5. The summed E-state index contributed by atoms with van der Waals surface area (Å²) in [6, 6.07) is 8.28. The van der Waals surface area contributed by atoms with Gasteiger partial charge >= 0.3 is 0 Å². The minimum atomic E-state index is -3.52. The first-order valence-electron chi connectivity index (χ1n) is 9.62. The number of amides is 1. The first-order valence-corrected chi connectivity index (χ1v) is 11.2. The molecule has 29 heavy (non-hydrogen) atoms. The largest absolute Gasteiger partial charge is 0.349 e. The van der Waals surface area contributed by atoms with Gasteiger partial charge in [0, 0.05) is 17.0 Å². The summed E-state index contributed by atoms with van der Waals surface area (Å²) in [4.78, 5) is 12.4. The van der Waals surface area contributed by atoms with Gasteiger partial charge in [0.05, 0.1) is 17.5 Å². The smallest absolute Gasteiger partial charge is 0.254 e. The minimum absolute atomic E-state index is 0.00794. The van der Waals surface area contributed by atoms with E-state index in [1.54, 1.807) is 38.1 Å². The Morgan fingerprint density at radius 2 is 2.03 bits per heavy atom. The van der Waals surface area contributed by atoms with Crippen molar-refractivity contribution in [1.82, 2.24) is 14.5 Å². The predicted octanol–water partition coefficient (Wildman–Crippen LogP) is 3.63. The van der Waals surface area contributed by atoms with Crippen molar-refractivity contribution in [3.63, 3.8) is 0 Å². The number of aromatic nitrogens is 2. The van der Waals surface area contributed by atoms with Gasteiger partial charge in [-0.05, 0) is 67.1 Å². The Labute approximate surface area is 168 Å². The zero-order chi connectivity index (χ0) is 20.8. The van der Waals surface area contributed by atoms with Crippen LogP contribution < -0.4 is 5.32 Å². The SMILES string of the molecule is CCCS(=O)(=O)n1ncc2cc(-c3cc(C(=O)NC4CC4)cc(F)c3C)ccc21. The van der Waals surface area contributed by atoms with Crippen LogP contribution in [-0.4, -0.2) is 35.3 Å². The number of nitrogens with zero attached hydrogens (tertiary/aromatic N) is 2. The van der Waals surface area contributed by atoms with Crippen LogP contribution in [0.2, 0.25) is 0 Å². The van der Waals surface area contributed by atoms with Crippen molar-refractivity contribution in [3.8, 4) is 11.1 Å². The van der Waals surface area contributed by atoms with Crippen LogP contribution in [0.4, 0.5) is 4.39 Å². The fourth-order valence-electron chi connectivity index (χ4n) is 3.35. The maximum Gasteiger partial charge on any atom is 0.254 e. The molecule has 0 unspecified atom stereocenters. The van der Waals surface area contributed by atoms with E-state index in [4.69, 9.17) is 0 Å². The van der Waals surface area contributed by atoms with Crippen molar-refractivity contribution >= 4 is 26.8 Å². The van der Waals surface area contributed by atoms with Crippen LogP contribution in [-0.2, 0) is 10.0 Å². The Kier molecular flexibility index (Phi) is 4.90. The number of benzene rings is 2. The van der Waals surface area contributed by atoms with Gasteiger partial charge in [0.25, 0.3) is 15.9 Å². The molecule has 1 amide bonds. The summed E-state index contributed by atoms with van der Waals surface area (Å²) in [7, 11) is -3.52. The molecule has 4 rings (SSSR count). The van der Waals surface area contributed by atoms with Gasteiger partial charge in [0.2, 0.25) is 0 Å². The average Bonchev–Trinajstić information content (AvgIpc) is 3.38. The molecule has 1 aliphatic carbocycles. The molecule has 1 fully saturated rings. The number of halogens is 1. The first kappa shape index (κ1) is 19.6. The molecular weight excluding hydrogens is 393 g/mol. The number of nitrogens with one attached hydrogen (secondary N) is 1. The van der Waals surface area contributed by atoms with E-state index in [0.717, 1.165) is 16.9 Å². The lowest BCUT2D eigenvalue weighted by Crippen LogP contribution is -2.25. The van der Waals surface area contributed by atoms with Gasteiger partial charge < -0.3 is 5.32 Å². The zero-order valence-electron chi connectivity index (χ0n) is 16.3. The van der Waals surface area contributed by atoms with Crippen LogP contribution in [0, 0.1) is 12.7 Å². The second kappa shape index (κ2) is 7.26. The van der Waals surface area contributed by atoms with Crippen molar-refractivity contribution < 1.29 is 17.6 Å². The topological polar surface area (TPSA) is 81.1 Å². The second-order valence-corrected chi connectivity index (χ2v) is 9.37. The van der Waals surface area contributed by atoms with Gasteiger partial charge in [-0.3, -0.25) is 4.79 Å². The second-order valence-electron chi connectivity index (χ2n) is 7.46. The summed E-state index contributed by atoms with van der Waals surface area (Å²) in [5, 5.41) is 7.54. The highest BCUT2D eigenvalue weighted by Crippen LogP contribution is 2.30. The highest BCUT2D eigenvalue weighted by atomic mass is 32.2. The Morgan fingerprint density at radius 3 is 2.72 bits per heavy atom. The number of hydrogen-bond donors (Lipinski definition) is 1. The van der Waals surface area contributed by atoms with Gasteiger partial charge in [-0.2, -0.15) is 9.19 Å². The van der Waals surface area contributed by atoms with Gasteiger partial charge in [-0.1, -0.05) is 13.0 Å². The Balaban J connectivity index is 1.76. The van der Waals surface area contributed by atoms with Crippen LogP contribution in [0.5, 0.6) is 0 Å². The maximum atomic E-state index is 14.5. The number of hydrogen-bond acceptors (Lipinski definition) is 4.